The van der Waals surface area contributed by atoms with E-state index < -0.39 is 30.6 Å². The summed E-state index contributed by atoms with van der Waals surface area (Å²) >= 11 is 7.41. The van der Waals surface area contributed by atoms with Crippen LogP contribution in [0.25, 0.3) is 11.2 Å². The number of imidazole rings is 1. The molecule has 0 aliphatic carbocycles. The Kier molecular flexibility index (Phi) is 4.34. The fourth-order valence-electron chi connectivity index (χ4n) is 3.27. The Balaban J connectivity index is 1.89. The van der Waals surface area contributed by atoms with Gasteiger partial charge in [-0.15, -0.1) is 11.3 Å². The fraction of sp³-hybridized carbons (Fsp3) is 0.400. The zero-order valence-corrected chi connectivity index (χ0v) is 14.9. The molecule has 5 N–H and O–H groups in total. The molecule has 9 nitrogen and oxygen atoms in total. The number of rotatable bonds is 4. The number of aromatic nitrogens is 4. The van der Waals surface area contributed by atoms with Gasteiger partial charge < -0.3 is 25.8 Å². The molecule has 4 atom stereocenters. The van der Waals surface area contributed by atoms with Crippen LogP contribution in [0, 0.1) is 0 Å². The minimum Gasteiger partial charge on any atom is -0.394 e. The van der Waals surface area contributed by atoms with Crippen molar-refractivity contribution >= 4 is 39.9 Å². The van der Waals surface area contributed by atoms with Gasteiger partial charge >= 0.3 is 0 Å². The van der Waals surface area contributed by atoms with Gasteiger partial charge in [0.15, 0.2) is 17.2 Å². The third kappa shape index (κ3) is 2.57. The van der Waals surface area contributed by atoms with Crippen molar-refractivity contribution in [1.29, 1.82) is 0 Å². The summed E-state index contributed by atoms with van der Waals surface area (Å²) in [5.41, 5.74) is 5.12. The van der Waals surface area contributed by atoms with E-state index in [0.29, 0.717) is 16.2 Å². The number of thiophene rings is 1. The Bertz CT molecular complexity index is 949. The van der Waals surface area contributed by atoms with Gasteiger partial charge in [0.2, 0.25) is 0 Å². The van der Waals surface area contributed by atoms with Gasteiger partial charge in [0.1, 0.15) is 30.2 Å². The second-order valence-corrected chi connectivity index (χ2v) is 7.51. The number of nitrogens with two attached hydrogens (primary N) is 1. The molecule has 0 unspecified atom stereocenters. The number of nitrogen functional groups attached to an aromatic ring is 1. The molecule has 1 saturated heterocycles. The maximum Gasteiger partial charge on any atom is 0.181 e. The van der Waals surface area contributed by atoms with Crippen LogP contribution >= 0.6 is 22.9 Å². The molecular weight excluding hydrogens is 382 g/mol. The van der Waals surface area contributed by atoms with Gasteiger partial charge in [0.05, 0.1) is 18.0 Å². The van der Waals surface area contributed by atoms with Crippen LogP contribution in [-0.2, 0) is 16.9 Å². The van der Waals surface area contributed by atoms with Gasteiger partial charge in [-0.1, -0.05) is 11.6 Å². The summed E-state index contributed by atoms with van der Waals surface area (Å²) < 4.78 is 7.49. The average molecular weight is 398 g/mol. The van der Waals surface area contributed by atoms with Crippen LogP contribution in [0.5, 0.6) is 0 Å². The Morgan fingerprint density at radius 2 is 2.15 bits per heavy atom. The number of anilines is 1. The molecule has 11 heteroatoms. The number of hydrogen-bond donors (Lipinski definition) is 4. The van der Waals surface area contributed by atoms with Crippen molar-refractivity contribution in [2.75, 3.05) is 12.3 Å². The van der Waals surface area contributed by atoms with Gasteiger partial charge in [-0.3, -0.25) is 4.57 Å². The average Bonchev–Trinajstić information content (AvgIpc) is 3.29. The largest absolute Gasteiger partial charge is 0.394 e. The van der Waals surface area contributed by atoms with Crippen molar-refractivity contribution in [3.05, 3.63) is 34.0 Å². The van der Waals surface area contributed by atoms with E-state index in [4.69, 9.17) is 22.1 Å². The van der Waals surface area contributed by atoms with Crippen molar-refractivity contribution in [2.45, 2.75) is 30.5 Å². The Labute approximate surface area is 156 Å². The molecule has 0 amide bonds. The summed E-state index contributed by atoms with van der Waals surface area (Å²) in [4.78, 5) is 13.1. The topological polar surface area (TPSA) is 140 Å². The first kappa shape index (κ1) is 17.6. The van der Waals surface area contributed by atoms with E-state index in [1.807, 2.05) is 0 Å². The number of aliphatic hydroxyl groups excluding tert-OH is 3. The molecule has 0 radical (unpaired) electrons. The van der Waals surface area contributed by atoms with Crippen LogP contribution in [0.3, 0.4) is 0 Å². The lowest BCUT2D eigenvalue weighted by atomic mass is 9.98. The zero-order chi connectivity index (χ0) is 18.5. The van der Waals surface area contributed by atoms with Gasteiger partial charge in [-0.2, -0.15) is 0 Å². The molecule has 1 fully saturated rings. The molecule has 138 valence electrons. The Morgan fingerprint density at radius 1 is 1.35 bits per heavy atom. The van der Waals surface area contributed by atoms with Crippen molar-refractivity contribution in [2.24, 2.45) is 0 Å². The van der Waals surface area contributed by atoms with Crippen molar-refractivity contribution in [1.82, 2.24) is 19.5 Å². The number of ether oxygens (including phenoxy) is 1. The number of hydrogen-bond acceptors (Lipinski definition) is 9. The van der Waals surface area contributed by atoms with E-state index >= 15 is 0 Å². The van der Waals surface area contributed by atoms with Gasteiger partial charge in [-0.05, 0) is 6.07 Å². The lowest BCUT2D eigenvalue weighted by molar-refractivity contribution is -0.144. The van der Waals surface area contributed by atoms with E-state index in [0.717, 1.165) is 4.88 Å². The first-order valence-corrected chi connectivity index (χ1v) is 9.04. The smallest absolute Gasteiger partial charge is 0.181 e. The van der Waals surface area contributed by atoms with Crippen LogP contribution < -0.4 is 5.73 Å². The molecule has 4 heterocycles. The summed E-state index contributed by atoms with van der Waals surface area (Å²) in [6.45, 7) is -0.449. The highest BCUT2D eigenvalue weighted by molar-refractivity contribution is 7.10. The third-order valence-electron chi connectivity index (χ3n) is 4.52. The molecule has 3 aromatic rings. The molecule has 3 aromatic heterocycles. The molecule has 0 spiro atoms. The van der Waals surface area contributed by atoms with E-state index in [1.54, 1.807) is 11.4 Å². The molecule has 0 aromatic carbocycles. The zero-order valence-electron chi connectivity index (χ0n) is 13.4. The first-order valence-electron chi connectivity index (χ1n) is 7.78. The third-order valence-corrected chi connectivity index (χ3v) is 5.81. The van der Waals surface area contributed by atoms with Crippen molar-refractivity contribution in [3.8, 4) is 0 Å². The van der Waals surface area contributed by atoms with Gasteiger partial charge in [0.25, 0.3) is 0 Å². The fourth-order valence-corrected chi connectivity index (χ4v) is 4.42. The second kappa shape index (κ2) is 6.41. The Morgan fingerprint density at radius 3 is 2.81 bits per heavy atom. The van der Waals surface area contributed by atoms with Crippen molar-refractivity contribution < 1.29 is 20.1 Å². The number of nitrogens with zero attached hydrogens (tertiary/aromatic N) is 4. The highest BCUT2D eigenvalue weighted by Crippen LogP contribution is 2.41. The van der Waals surface area contributed by atoms with Gasteiger partial charge in [0, 0.05) is 16.7 Å². The molecular formula is C15H16ClN5O4S. The summed E-state index contributed by atoms with van der Waals surface area (Å²) in [5.74, 6) is 0.190. The number of halogens is 1. The number of aliphatic hydroxyl groups is 3. The van der Waals surface area contributed by atoms with Crippen LogP contribution in [0.15, 0.2) is 24.1 Å². The summed E-state index contributed by atoms with van der Waals surface area (Å²) in [6.07, 6.45) is -0.680. The van der Waals surface area contributed by atoms with Crippen molar-refractivity contribution in [3.63, 3.8) is 0 Å². The maximum absolute atomic E-state index is 10.8. The molecule has 0 saturated carbocycles. The van der Waals surface area contributed by atoms with Crippen LogP contribution in [0.1, 0.15) is 4.88 Å². The first-order chi connectivity index (χ1) is 12.5. The second-order valence-electron chi connectivity index (χ2n) is 6.07. The SMILES string of the molecule is Nc1ncnc2c1ncn2[C@]1(Cc2cc(Cl)cs2)O[C@H](CO)[C@@H](O)[C@H]1O. The molecule has 26 heavy (non-hydrogen) atoms. The monoisotopic (exact) mass is 397 g/mol. The van der Waals surface area contributed by atoms with E-state index in [1.165, 1.54) is 28.6 Å². The van der Waals surface area contributed by atoms with Crippen LogP contribution in [-0.4, -0.2) is 59.8 Å². The van der Waals surface area contributed by atoms with Crippen LogP contribution in [0.2, 0.25) is 5.02 Å². The highest BCUT2D eigenvalue weighted by Gasteiger charge is 2.56. The molecule has 1 aliphatic rings. The summed E-state index contributed by atoms with van der Waals surface area (Å²) in [7, 11) is 0. The standard InChI is InChI=1S/C15H16ClN5O4S/c16-7-1-8(26-4-7)2-15(12(24)11(23)9(3-22)25-15)21-6-20-10-13(17)18-5-19-14(10)21/h1,4-6,9,11-12,22-24H,2-3H2,(H2,17,18,19)/t9-,11-,12-,15-/m1/s1. The normalized spacial score (nSPS) is 28.8. The highest BCUT2D eigenvalue weighted by atomic mass is 35.5. The maximum atomic E-state index is 10.8. The minimum atomic E-state index is -1.43. The lowest BCUT2D eigenvalue weighted by Gasteiger charge is -2.33. The van der Waals surface area contributed by atoms with E-state index in [-0.39, 0.29) is 12.2 Å². The molecule has 0 bridgehead atoms. The van der Waals surface area contributed by atoms with Crippen LogP contribution in [0.4, 0.5) is 5.82 Å². The lowest BCUT2D eigenvalue weighted by Crippen LogP contribution is -2.47. The van der Waals surface area contributed by atoms with E-state index in [9.17, 15) is 15.3 Å². The van der Waals surface area contributed by atoms with Gasteiger partial charge in [-0.25, -0.2) is 15.0 Å². The summed E-state index contributed by atoms with van der Waals surface area (Å²) in [5, 5.41) is 33.0. The molecule has 1 aliphatic heterocycles. The summed E-state index contributed by atoms with van der Waals surface area (Å²) in [6, 6.07) is 1.76. The quantitative estimate of drug-likeness (QED) is 0.487. The minimum absolute atomic E-state index is 0.189. The predicted octanol–water partition coefficient (Wildman–Crippen LogP) is 0.132. The predicted molar refractivity (Wildman–Crippen MR) is 94.7 cm³/mol. The molecule has 4 rings (SSSR count). The Hall–Kier alpha value is -1.82. The number of fused-ring (bicyclic) bond motifs is 1. The van der Waals surface area contributed by atoms with E-state index in [2.05, 4.69) is 15.0 Å².